The Kier molecular flexibility index (Phi) is 2.87. The lowest BCUT2D eigenvalue weighted by atomic mass is 9.60. The monoisotopic (exact) mass is 293 g/mol. The molecule has 4 rings (SSSR count). The van der Waals surface area contributed by atoms with Crippen molar-refractivity contribution in [2.45, 2.75) is 44.3 Å². The Morgan fingerprint density at radius 3 is 2.80 bits per heavy atom. The maximum Gasteiger partial charge on any atom is 0.347 e. The number of aromatic carboxylic acids is 1. The smallest absolute Gasteiger partial charge is 0.347 e. The molecule has 108 valence electrons. The Morgan fingerprint density at radius 1 is 1.45 bits per heavy atom. The second kappa shape index (κ2) is 4.51. The SMILES string of the molecule is O=C(O)c1cnc(CN2CC3(CC(NC4CC4)C3)C2)s1. The summed E-state index contributed by atoms with van der Waals surface area (Å²) in [7, 11) is 0. The maximum absolute atomic E-state index is 10.8. The van der Waals surface area contributed by atoms with Gasteiger partial charge >= 0.3 is 5.97 Å². The molecule has 1 aromatic rings. The highest BCUT2D eigenvalue weighted by Gasteiger charge is 2.52. The molecule has 0 amide bonds. The molecule has 1 saturated heterocycles. The molecule has 0 atom stereocenters. The Balaban J connectivity index is 1.24. The summed E-state index contributed by atoms with van der Waals surface area (Å²) in [6.07, 6.45) is 6.84. The largest absolute Gasteiger partial charge is 0.477 e. The van der Waals surface area contributed by atoms with Gasteiger partial charge in [-0.1, -0.05) is 0 Å². The first kappa shape index (κ1) is 12.7. The number of nitrogens with zero attached hydrogens (tertiary/aromatic N) is 2. The van der Waals surface area contributed by atoms with Crippen molar-refractivity contribution in [2.24, 2.45) is 5.41 Å². The lowest BCUT2D eigenvalue weighted by Gasteiger charge is -2.59. The van der Waals surface area contributed by atoms with E-state index in [0.29, 0.717) is 10.3 Å². The molecule has 1 spiro atoms. The molecule has 0 radical (unpaired) electrons. The van der Waals surface area contributed by atoms with Crippen LogP contribution in [0.15, 0.2) is 6.20 Å². The minimum absolute atomic E-state index is 0.340. The molecule has 6 heteroatoms. The van der Waals surface area contributed by atoms with Crippen molar-refractivity contribution in [2.75, 3.05) is 13.1 Å². The predicted molar refractivity (Wildman–Crippen MR) is 76.0 cm³/mol. The molecular formula is C14H19N3O2S. The molecule has 5 nitrogen and oxygen atoms in total. The van der Waals surface area contributed by atoms with Gasteiger partial charge in [-0.2, -0.15) is 0 Å². The van der Waals surface area contributed by atoms with E-state index in [1.807, 2.05) is 0 Å². The number of aromatic nitrogens is 1. The van der Waals surface area contributed by atoms with Crippen molar-refractivity contribution >= 4 is 17.3 Å². The Hall–Kier alpha value is -0.980. The van der Waals surface area contributed by atoms with E-state index in [-0.39, 0.29) is 0 Å². The van der Waals surface area contributed by atoms with Crippen LogP contribution in [0.3, 0.4) is 0 Å². The fourth-order valence-electron chi connectivity index (χ4n) is 3.63. The summed E-state index contributed by atoms with van der Waals surface area (Å²) in [6, 6.07) is 1.57. The van der Waals surface area contributed by atoms with Gasteiger partial charge in [-0.05, 0) is 31.1 Å². The average molecular weight is 293 g/mol. The molecular weight excluding hydrogens is 274 g/mol. The third-order valence-corrected chi connectivity index (χ3v) is 5.62. The summed E-state index contributed by atoms with van der Waals surface area (Å²) in [5.74, 6) is -0.873. The van der Waals surface area contributed by atoms with Gasteiger partial charge in [-0.25, -0.2) is 9.78 Å². The average Bonchev–Trinajstić information content (AvgIpc) is 2.99. The van der Waals surface area contributed by atoms with E-state index in [4.69, 9.17) is 5.11 Å². The summed E-state index contributed by atoms with van der Waals surface area (Å²) in [6.45, 7) is 3.11. The Morgan fingerprint density at radius 2 is 2.20 bits per heavy atom. The van der Waals surface area contributed by atoms with Crippen molar-refractivity contribution < 1.29 is 9.90 Å². The number of hydrogen-bond acceptors (Lipinski definition) is 5. The Bertz CT molecular complexity index is 526. The van der Waals surface area contributed by atoms with Gasteiger partial charge in [-0.3, -0.25) is 4.90 Å². The molecule has 0 unspecified atom stereocenters. The van der Waals surface area contributed by atoms with Crippen LogP contribution in [0.5, 0.6) is 0 Å². The first-order chi connectivity index (χ1) is 9.62. The number of hydrogen-bond donors (Lipinski definition) is 2. The van der Waals surface area contributed by atoms with Crippen LogP contribution < -0.4 is 5.32 Å². The van der Waals surface area contributed by atoms with E-state index in [0.717, 1.165) is 36.7 Å². The van der Waals surface area contributed by atoms with E-state index in [2.05, 4.69) is 15.2 Å². The van der Waals surface area contributed by atoms with Gasteiger partial charge in [0.05, 0.1) is 12.7 Å². The van der Waals surface area contributed by atoms with E-state index in [1.165, 1.54) is 43.2 Å². The number of carbonyl (C=O) groups is 1. The van der Waals surface area contributed by atoms with Crippen LogP contribution in [0.1, 0.15) is 40.4 Å². The van der Waals surface area contributed by atoms with Crippen molar-refractivity contribution in [3.05, 3.63) is 16.1 Å². The summed E-state index contributed by atoms with van der Waals surface area (Å²) in [4.78, 5) is 17.7. The standard InChI is InChI=1S/C14H19N3O2S/c18-13(19)11-5-15-12(20-11)6-17-7-14(8-17)3-10(4-14)16-9-1-2-9/h5,9-10,16H,1-4,6-8H2,(H,18,19). The van der Waals surface area contributed by atoms with E-state index in [9.17, 15) is 4.79 Å². The third-order valence-electron chi connectivity index (χ3n) is 4.65. The molecule has 1 aliphatic heterocycles. The highest BCUT2D eigenvalue weighted by Crippen LogP contribution is 2.49. The summed E-state index contributed by atoms with van der Waals surface area (Å²) in [5.41, 5.74) is 0.555. The minimum atomic E-state index is -0.873. The lowest BCUT2D eigenvalue weighted by Crippen LogP contribution is -2.65. The van der Waals surface area contributed by atoms with Crippen LogP contribution in [-0.2, 0) is 6.54 Å². The zero-order valence-corrected chi connectivity index (χ0v) is 12.2. The van der Waals surface area contributed by atoms with Crippen molar-refractivity contribution in [3.63, 3.8) is 0 Å². The van der Waals surface area contributed by atoms with Crippen molar-refractivity contribution in [3.8, 4) is 0 Å². The zero-order chi connectivity index (χ0) is 13.7. The molecule has 1 aromatic heterocycles. The third kappa shape index (κ3) is 2.36. The zero-order valence-electron chi connectivity index (χ0n) is 11.3. The fraction of sp³-hybridized carbons (Fsp3) is 0.714. The molecule has 0 aromatic carbocycles. The molecule has 3 fully saturated rings. The molecule has 2 aliphatic carbocycles. The second-order valence-corrected chi connectivity index (χ2v) is 7.73. The number of carboxylic acids is 1. The maximum atomic E-state index is 10.8. The van der Waals surface area contributed by atoms with Gasteiger partial charge in [0.25, 0.3) is 0 Å². The van der Waals surface area contributed by atoms with Gasteiger partial charge in [0, 0.05) is 25.2 Å². The number of likely N-dealkylation sites (tertiary alicyclic amines) is 1. The number of nitrogens with one attached hydrogen (secondary N) is 1. The lowest BCUT2D eigenvalue weighted by molar-refractivity contribution is -0.0832. The normalized spacial score (nSPS) is 25.4. The summed E-state index contributed by atoms with van der Waals surface area (Å²) in [5, 5.41) is 13.5. The van der Waals surface area contributed by atoms with Crippen LogP contribution in [0.2, 0.25) is 0 Å². The van der Waals surface area contributed by atoms with Gasteiger partial charge in [-0.15, -0.1) is 11.3 Å². The molecule has 0 bridgehead atoms. The molecule has 2 heterocycles. The molecule has 20 heavy (non-hydrogen) atoms. The van der Waals surface area contributed by atoms with Crippen LogP contribution in [0.4, 0.5) is 0 Å². The highest BCUT2D eigenvalue weighted by molar-refractivity contribution is 7.13. The number of thiazole rings is 1. The van der Waals surface area contributed by atoms with Crippen LogP contribution >= 0.6 is 11.3 Å². The topological polar surface area (TPSA) is 65.5 Å². The van der Waals surface area contributed by atoms with E-state index >= 15 is 0 Å². The van der Waals surface area contributed by atoms with Gasteiger partial charge in [0.1, 0.15) is 9.88 Å². The molecule has 3 aliphatic rings. The number of carboxylic acid groups (broad SMARTS) is 1. The summed E-state index contributed by atoms with van der Waals surface area (Å²) < 4.78 is 0. The van der Waals surface area contributed by atoms with Crippen LogP contribution in [0.25, 0.3) is 0 Å². The first-order valence-electron chi connectivity index (χ1n) is 7.28. The molecule has 2 saturated carbocycles. The number of rotatable bonds is 5. The second-order valence-electron chi connectivity index (χ2n) is 6.61. The first-order valence-corrected chi connectivity index (χ1v) is 8.10. The van der Waals surface area contributed by atoms with Crippen LogP contribution in [-0.4, -0.2) is 46.1 Å². The minimum Gasteiger partial charge on any atom is -0.477 e. The van der Waals surface area contributed by atoms with Crippen molar-refractivity contribution in [1.82, 2.24) is 15.2 Å². The van der Waals surface area contributed by atoms with Gasteiger partial charge < -0.3 is 10.4 Å². The van der Waals surface area contributed by atoms with Gasteiger partial charge in [0.2, 0.25) is 0 Å². The van der Waals surface area contributed by atoms with Crippen LogP contribution in [0, 0.1) is 5.41 Å². The fourth-order valence-corrected chi connectivity index (χ4v) is 4.43. The quantitative estimate of drug-likeness (QED) is 0.862. The van der Waals surface area contributed by atoms with Gasteiger partial charge in [0.15, 0.2) is 0 Å². The Labute approximate surface area is 122 Å². The summed E-state index contributed by atoms with van der Waals surface area (Å²) >= 11 is 1.30. The highest BCUT2D eigenvalue weighted by atomic mass is 32.1. The van der Waals surface area contributed by atoms with E-state index in [1.54, 1.807) is 0 Å². The predicted octanol–water partition coefficient (Wildman–Crippen LogP) is 1.56. The van der Waals surface area contributed by atoms with Crippen molar-refractivity contribution in [1.29, 1.82) is 0 Å². The molecule has 2 N–H and O–H groups in total. The van der Waals surface area contributed by atoms with E-state index < -0.39 is 5.97 Å².